The molecular weight excluding hydrogens is 359 g/mol. The molecule has 2 rings (SSSR count). The molecule has 0 saturated heterocycles. The molecule has 1 fully saturated rings. The molecule has 0 amide bonds. The predicted molar refractivity (Wildman–Crippen MR) is 99.3 cm³/mol. The van der Waals surface area contributed by atoms with E-state index in [1.54, 1.807) is 14.2 Å². The van der Waals surface area contributed by atoms with E-state index in [2.05, 4.69) is 15.6 Å². The fourth-order valence-corrected chi connectivity index (χ4v) is 3.24. The van der Waals surface area contributed by atoms with Gasteiger partial charge in [-0.1, -0.05) is 6.07 Å². The van der Waals surface area contributed by atoms with Crippen LogP contribution in [-0.4, -0.2) is 38.9 Å². The SMILES string of the molecule is CCOc1cc(CNC(=NC)NC2CCC(C(F)(F)F)CC2)ccc1OC. The highest BCUT2D eigenvalue weighted by molar-refractivity contribution is 5.80. The number of alkyl halides is 3. The van der Waals surface area contributed by atoms with E-state index in [0.717, 1.165) is 5.56 Å². The summed E-state index contributed by atoms with van der Waals surface area (Å²) < 4.78 is 49.2. The molecular formula is C19H28F3N3O2. The van der Waals surface area contributed by atoms with Crippen molar-refractivity contribution in [3.05, 3.63) is 23.8 Å². The summed E-state index contributed by atoms with van der Waals surface area (Å²) in [5.74, 6) is 0.748. The Bertz CT molecular complexity index is 627. The van der Waals surface area contributed by atoms with Crippen molar-refractivity contribution in [3.8, 4) is 11.5 Å². The number of benzene rings is 1. The summed E-state index contributed by atoms with van der Waals surface area (Å²) in [5, 5.41) is 6.43. The standard InChI is InChI=1S/C19H28F3N3O2/c1-4-27-17-11-13(5-10-16(17)26-3)12-24-18(23-2)25-15-8-6-14(7-9-15)19(20,21)22/h5,10-11,14-15H,4,6-9,12H2,1-3H3,(H2,23,24,25). The Balaban J connectivity index is 1.87. The lowest BCUT2D eigenvalue weighted by Gasteiger charge is -2.31. The van der Waals surface area contributed by atoms with Gasteiger partial charge in [-0.3, -0.25) is 4.99 Å². The van der Waals surface area contributed by atoms with Crippen LogP contribution < -0.4 is 20.1 Å². The van der Waals surface area contributed by atoms with Gasteiger partial charge in [0, 0.05) is 19.6 Å². The van der Waals surface area contributed by atoms with Crippen molar-refractivity contribution >= 4 is 5.96 Å². The van der Waals surface area contributed by atoms with Gasteiger partial charge in [0.2, 0.25) is 0 Å². The van der Waals surface area contributed by atoms with E-state index in [9.17, 15) is 13.2 Å². The average molecular weight is 387 g/mol. The Kier molecular flexibility index (Phi) is 7.62. The first-order chi connectivity index (χ1) is 12.9. The van der Waals surface area contributed by atoms with E-state index >= 15 is 0 Å². The first-order valence-electron chi connectivity index (χ1n) is 9.21. The molecule has 152 valence electrons. The van der Waals surface area contributed by atoms with Crippen molar-refractivity contribution in [1.82, 2.24) is 10.6 Å². The number of aliphatic imine (C=N–C) groups is 1. The number of ether oxygens (including phenoxy) is 2. The van der Waals surface area contributed by atoms with Crippen LogP contribution in [0.5, 0.6) is 11.5 Å². The molecule has 27 heavy (non-hydrogen) atoms. The average Bonchev–Trinajstić information content (AvgIpc) is 2.65. The van der Waals surface area contributed by atoms with Crippen molar-refractivity contribution in [1.29, 1.82) is 0 Å². The minimum Gasteiger partial charge on any atom is -0.493 e. The molecule has 0 aliphatic heterocycles. The molecule has 0 atom stereocenters. The van der Waals surface area contributed by atoms with Crippen molar-refractivity contribution in [2.75, 3.05) is 20.8 Å². The van der Waals surface area contributed by atoms with Gasteiger partial charge in [-0.25, -0.2) is 0 Å². The normalized spacial score (nSPS) is 20.9. The first kappa shape index (κ1) is 21.2. The van der Waals surface area contributed by atoms with E-state index < -0.39 is 12.1 Å². The summed E-state index contributed by atoms with van der Waals surface area (Å²) in [6, 6.07) is 5.67. The lowest BCUT2D eigenvalue weighted by Crippen LogP contribution is -2.45. The Morgan fingerprint density at radius 2 is 1.89 bits per heavy atom. The van der Waals surface area contributed by atoms with Crippen LogP contribution in [0.15, 0.2) is 23.2 Å². The maximum atomic E-state index is 12.8. The molecule has 1 aliphatic rings. The smallest absolute Gasteiger partial charge is 0.391 e. The highest BCUT2D eigenvalue weighted by Gasteiger charge is 2.41. The Morgan fingerprint density at radius 1 is 1.19 bits per heavy atom. The number of nitrogens with one attached hydrogen (secondary N) is 2. The zero-order valence-electron chi connectivity index (χ0n) is 16.0. The van der Waals surface area contributed by atoms with Gasteiger partial charge in [-0.2, -0.15) is 13.2 Å². The Labute approximate surface area is 158 Å². The summed E-state index contributed by atoms with van der Waals surface area (Å²) in [4.78, 5) is 4.17. The molecule has 0 spiro atoms. The number of nitrogens with zero attached hydrogens (tertiary/aromatic N) is 1. The molecule has 8 heteroatoms. The van der Waals surface area contributed by atoms with Crippen LogP contribution in [0.4, 0.5) is 13.2 Å². The van der Waals surface area contributed by atoms with E-state index in [0.29, 0.717) is 43.5 Å². The van der Waals surface area contributed by atoms with Crippen LogP contribution in [0.2, 0.25) is 0 Å². The highest BCUT2D eigenvalue weighted by atomic mass is 19.4. The Hall–Kier alpha value is -2.12. The maximum absolute atomic E-state index is 12.8. The quantitative estimate of drug-likeness (QED) is 0.575. The van der Waals surface area contributed by atoms with E-state index in [4.69, 9.17) is 9.47 Å². The van der Waals surface area contributed by atoms with Crippen molar-refractivity contribution in [2.45, 2.75) is 51.4 Å². The third-order valence-electron chi connectivity index (χ3n) is 4.74. The molecule has 0 heterocycles. The van der Waals surface area contributed by atoms with Crippen molar-refractivity contribution < 1.29 is 22.6 Å². The second-order valence-corrected chi connectivity index (χ2v) is 6.58. The third kappa shape index (κ3) is 6.22. The topological polar surface area (TPSA) is 54.9 Å². The molecule has 2 N–H and O–H groups in total. The summed E-state index contributed by atoms with van der Waals surface area (Å²) in [6.45, 7) is 2.96. The number of methoxy groups -OCH3 is 1. The molecule has 0 unspecified atom stereocenters. The van der Waals surface area contributed by atoms with E-state index in [-0.39, 0.29) is 18.9 Å². The van der Waals surface area contributed by atoms with Crippen LogP contribution in [0.1, 0.15) is 38.2 Å². The predicted octanol–water partition coefficient (Wildman–Crippen LogP) is 3.88. The van der Waals surface area contributed by atoms with E-state index in [1.165, 1.54) is 0 Å². The van der Waals surface area contributed by atoms with Crippen LogP contribution >= 0.6 is 0 Å². The molecule has 1 saturated carbocycles. The lowest BCUT2D eigenvalue weighted by molar-refractivity contribution is -0.182. The molecule has 0 radical (unpaired) electrons. The molecule has 1 aliphatic carbocycles. The molecule has 0 aromatic heterocycles. The monoisotopic (exact) mass is 387 g/mol. The summed E-state index contributed by atoms with van der Waals surface area (Å²) in [7, 11) is 3.24. The Morgan fingerprint density at radius 3 is 2.44 bits per heavy atom. The lowest BCUT2D eigenvalue weighted by atomic mass is 9.85. The minimum absolute atomic E-state index is 0.00431. The molecule has 1 aromatic carbocycles. The zero-order chi connectivity index (χ0) is 19.9. The number of guanidine groups is 1. The van der Waals surface area contributed by atoms with Crippen LogP contribution in [0.25, 0.3) is 0 Å². The fourth-order valence-electron chi connectivity index (χ4n) is 3.24. The largest absolute Gasteiger partial charge is 0.493 e. The van der Waals surface area contributed by atoms with Gasteiger partial charge >= 0.3 is 6.18 Å². The minimum atomic E-state index is -4.09. The number of rotatable bonds is 6. The molecule has 5 nitrogen and oxygen atoms in total. The van der Waals surface area contributed by atoms with Gasteiger partial charge in [0.15, 0.2) is 17.5 Å². The fraction of sp³-hybridized carbons (Fsp3) is 0.632. The first-order valence-corrected chi connectivity index (χ1v) is 9.21. The summed E-state index contributed by atoms with van der Waals surface area (Å²) in [6.07, 6.45) is -2.79. The third-order valence-corrected chi connectivity index (χ3v) is 4.74. The number of hydrogen-bond acceptors (Lipinski definition) is 3. The van der Waals surface area contributed by atoms with Crippen LogP contribution in [0, 0.1) is 5.92 Å². The van der Waals surface area contributed by atoms with E-state index in [1.807, 2.05) is 25.1 Å². The van der Waals surface area contributed by atoms with Gasteiger partial charge in [0.25, 0.3) is 0 Å². The summed E-state index contributed by atoms with van der Waals surface area (Å²) >= 11 is 0. The number of halogens is 3. The second-order valence-electron chi connectivity index (χ2n) is 6.58. The summed E-state index contributed by atoms with van der Waals surface area (Å²) in [5.41, 5.74) is 0.989. The number of hydrogen-bond donors (Lipinski definition) is 2. The molecule has 0 bridgehead atoms. The van der Waals surface area contributed by atoms with Gasteiger partial charge in [-0.15, -0.1) is 0 Å². The second kappa shape index (κ2) is 9.71. The van der Waals surface area contributed by atoms with Crippen molar-refractivity contribution in [3.63, 3.8) is 0 Å². The maximum Gasteiger partial charge on any atom is 0.391 e. The van der Waals surface area contributed by atoms with Gasteiger partial charge < -0.3 is 20.1 Å². The van der Waals surface area contributed by atoms with Gasteiger partial charge in [0.05, 0.1) is 19.6 Å². The van der Waals surface area contributed by atoms with Crippen LogP contribution in [0.3, 0.4) is 0 Å². The van der Waals surface area contributed by atoms with Gasteiger partial charge in [-0.05, 0) is 50.3 Å². The van der Waals surface area contributed by atoms with Crippen LogP contribution in [-0.2, 0) is 6.54 Å². The zero-order valence-corrected chi connectivity index (χ0v) is 16.0. The molecule has 1 aromatic rings. The van der Waals surface area contributed by atoms with Crippen molar-refractivity contribution in [2.24, 2.45) is 10.9 Å². The van der Waals surface area contributed by atoms with Gasteiger partial charge in [0.1, 0.15) is 0 Å². The highest BCUT2D eigenvalue weighted by Crippen LogP contribution is 2.37.